The number of likely N-dealkylation sites (N-methyl/N-ethyl adjacent to an activating group) is 1. The van der Waals surface area contributed by atoms with Crippen LogP contribution in [0.5, 0.6) is 5.75 Å². The minimum Gasteiger partial charge on any atom is -0.486 e. The maximum atomic E-state index is 12.8. The lowest BCUT2D eigenvalue weighted by Crippen LogP contribution is -2.23. The number of carbonyl (C=O) groups excluding carboxylic acids is 1. The summed E-state index contributed by atoms with van der Waals surface area (Å²) in [6.45, 7) is 7.84. The molecule has 1 fully saturated rings. The number of terminal acetylenes is 1. The van der Waals surface area contributed by atoms with Gasteiger partial charge in [0, 0.05) is 36.1 Å². The molecule has 9 heteroatoms. The van der Waals surface area contributed by atoms with Crippen LogP contribution >= 0.6 is 11.6 Å². The molecule has 0 radical (unpaired) electrons. The molecule has 192 valence electrons. The van der Waals surface area contributed by atoms with Crippen LogP contribution < -0.4 is 15.4 Å². The van der Waals surface area contributed by atoms with Crippen LogP contribution in [0.4, 0.5) is 17.2 Å². The number of hydrogen-bond donors (Lipinski definition) is 2. The highest BCUT2D eigenvalue weighted by molar-refractivity contribution is 6.33. The highest BCUT2D eigenvalue weighted by atomic mass is 35.5. The molecule has 0 saturated carbocycles. The molecular weight excluding hydrogens is 490 g/mol. The van der Waals surface area contributed by atoms with Gasteiger partial charge < -0.3 is 25.0 Å². The average Bonchev–Trinajstić information content (AvgIpc) is 3.42. The minimum atomic E-state index is -0.254. The van der Waals surface area contributed by atoms with Crippen LogP contribution in [0.15, 0.2) is 48.8 Å². The fourth-order valence-electron chi connectivity index (χ4n) is 3.97. The van der Waals surface area contributed by atoms with Gasteiger partial charge in [0.25, 0.3) is 0 Å². The fourth-order valence-corrected chi connectivity index (χ4v) is 4.13. The van der Waals surface area contributed by atoms with E-state index < -0.39 is 0 Å². The van der Waals surface area contributed by atoms with Crippen molar-refractivity contribution in [1.29, 1.82) is 0 Å². The largest absolute Gasteiger partial charge is 0.486 e. The molecule has 1 atom stereocenters. The molecule has 8 nitrogen and oxygen atoms in total. The zero-order valence-electron chi connectivity index (χ0n) is 21.0. The van der Waals surface area contributed by atoms with Crippen LogP contribution in [0, 0.1) is 12.3 Å². The van der Waals surface area contributed by atoms with Crippen LogP contribution in [0.25, 0.3) is 10.9 Å². The van der Waals surface area contributed by atoms with E-state index >= 15 is 0 Å². The molecule has 1 amide bonds. The third kappa shape index (κ3) is 6.77. The number of fused-ring (bicyclic) bond motifs is 1. The second kappa shape index (κ2) is 12.5. The summed E-state index contributed by atoms with van der Waals surface area (Å²) in [5, 5.41) is 7.39. The van der Waals surface area contributed by atoms with E-state index in [4.69, 9.17) is 27.5 Å². The lowest BCUT2D eigenvalue weighted by molar-refractivity contribution is -0.111. The van der Waals surface area contributed by atoms with Gasteiger partial charge in [-0.2, -0.15) is 0 Å². The number of carbonyl (C=O) groups is 1. The van der Waals surface area contributed by atoms with Crippen molar-refractivity contribution in [2.24, 2.45) is 0 Å². The van der Waals surface area contributed by atoms with Gasteiger partial charge in [-0.1, -0.05) is 37.4 Å². The topological polar surface area (TPSA) is 88.6 Å². The maximum absolute atomic E-state index is 12.8. The standard InChI is InChI=1S/C28H30ClN5O3/c1-4-19-9-10-22(29)24(14-19)33-28-21-15-25(32-27(35)8-7-12-34(5-2)6-3)26(16-23(21)30-18-31-28)37-20-11-13-36-17-20/h1,7-10,14-16,18,20H,5-6,11-13,17H2,2-3H3,(H,32,35)(H,30,31,33)/b8-7+/t20-/m0/s1. The van der Waals surface area contributed by atoms with Crippen molar-refractivity contribution < 1.29 is 14.3 Å². The van der Waals surface area contributed by atoms with E-state index in [0.29, 0.717) is 64.2 Å². The molecule has 1 saturated heterocycles. The molecular formula is C28H30ClN5O3. The zero-order valence-corrected chi connectivity index (χ0v) is 21.7. The van der Waals surface area contributed by atoms with Crippen molar-refractivity contribution in [3.8, 4) is 18.1 Å². The van der Waals surface area contributed by atoms with Crippen LogP contribution in [0.3, 0.4) is 0 Å². The first-order chi connectivity index (χ1) is 18.0. The van der Waals surface area contributed by atoms with Crippen LogP contribution in [-0.4, -0.2) is 59.7 Å². The van der Waals surface area contributed by atoms with Crippen molar-refractivity contribution in [2.75, 3.05) is 43.5 Å². The smallest absolute Gasteiger partial charge is 0.248 e. The number of nitrogens with zero attached hydrogens (tertiary/aromatic N) is 3. The van der Waals surface area contributed by atoms with Crippen LogP contribution in [0.2, 0.25) is 5.02 Å². The number of amides is 1. The molecule has 4 rings (SSSR count). The zero-order chi connectivity index (χ0) is 26.2. The molecule has 0 bridgehead atoms. The summed E-state index contributed by atoms with van der Waals surface area (Å²) in [6, 6.07) is 8.88. The predicted octanol–water partition coefficient (Wildman–Crippen LogP) is 5.01. The molecule has 1 aliphatic rings. The number of rotatable bonds is 10. The normalized spacial score (nSPS) is 15.3. The molecule has 1 aliphatic heterocycles. The number of hydrogen-bond acceptors (Lipinski definition) is 7. The molecule has 3 aromatic rings. The van der Waals surface area contributed by atoms with E-state index in [1.54, 1.807) is 30.3 Å². The van der Waals surface area contributed by atoms with Crippen LogP contribution in [0.1, 0.15) is 25.8 Å². The maximum Gasteiger partial charge on any atom is 0.248 e. The second-order valence-corrected chi connectivity index (χ2v) is 8.94. The van der Waals surface area contributed by atoms with Crippen molar-refractivity contribution in [3.05, 3.63) is 59.4 Å². The third-order valence-electron chi connectivity index (χ3n) is 6.09. The first kappa shape index (κ1) is 26.4. The number of halogens is 1. The van der Waals surface area contributed by atoms with Gasteiger partial charge in [-0.25, -0.2) is 9.97 Å². The Labute approximate surface area is 222 Å². The fraction of sp³-hybridized carbons (Fsp3) is 0.321. The van der Waals surface area contributed by atoms with Gasteiger partial charge in [0.05, 0.1) is 35.1 Å². The van der Waals surface area contributed by atoms with Gasteiger partial charge in [-0.05, 0) is 37.4 Å². The summed E-state index contributed by atoms with van der Waals surface area (Å²) in [5.74, 6) is 3.39. The molecule has 2 aromatic carbocycles. The second-order valence-electron chi connectivity index (χ2n) is 8.53. The molecule has 0 unspecified atom stereocenters. The quantitative estimate of drug-likeness (QED) is 0.287. The van der Waals surface area contributed by atoms with Gasteiger partial charge in [-0.3, -0.25) is 4.79 Å². The molecule has 0 spiro atoms. The molecule has 2 N–H and O–H groups in total. The lowest BCUT2D eigenvalue weighted by atomic mass is 10.1. The summed E-state index contributed by atoms with van der Waals surface area (Å²) in [6.07, 6.45) is 11.1. The van der Waals surface area contributed by atoms with Gasteiger partial charge >= 0.3 is 0 Å². The molecule has 2 heterocycles. The summed E-state index contributed by atoms with van der Waals surface area (Å²) in [7, 11) is 0. The Morgan fingerprint density at radius 1 is 1.27 bits per heavy atom. The van der Waals surface area contributed by atoms with E-state index in [9.17, 15) is 4.79 Å². The van der Waals surface area contributed by atoms with E-state index in [1.807, 2.05) is 6.08 Å². The van der Waals surface area contributed by atoms with Gasteiger partial charge in [0.1, 0.15) is 24.0 Å². The van der Waals surface area contributed by atoms with Crippen LogP contribution in [-0.2, 0) is 9.53 Å². The first-order valence-corrected chi connectivity index (χ1v) is 12.6. The van der Waals surface area contributed by atoms with Gasteiger partial charge in [0.15, 0.2) is 0 Å². The average molecular weight is 520 g/mol. The molecule has 0 aliphatic carbocycles. The minimum absolute atomic E-state index is 0.101. The molecule has 1 aromatic heterocycles. The van der Waals surface area contributed by atoms with E-state index in [1.165, 1.54) is 12.4 Å². The number of nitrogens with one attached hydrogen (secondary N) is 2. The predicted molar refractivity (Wildman–Crippen MR) is 148 cm³/mol. The SMILES string of the molecule is C#Cc1ccc(Cl)c(Nc2ncnc3cc(O[C@H]4CCOC4)c(NC(=O)/C=C/CN(CC)CC)cc23)c1. The Kier molecular flexibility index (Phi) is 8.96. The summed E-state index contributed by atoms with van der Waals surface area (Å²) in [4.78, 5) is 23.9. The summed E-state index contributed by atoms with van der Waals surface area (Å²) >= 11 is 6.39. The van der Waals surface area contributed by atoms with E-state index in [2.05, 4.69) is 45.3 Å². The van der Waals surface area contributed by atoms with Gasteiger partial charge in [0.2, 0.25) is 5.91 Å². The first-order valence-electron chi connectivity index (χ1n) is 12.3. The number of benzene rings is 2. The lowest BCUT2D eigenvalue weighted by Gasteiger charge is -2.18. The highest BCUT2D eigenvalue weighted by Crippen LogP contribution is 2.35. The van der Waals surface area contributed by atoms with Gasteiger partial charge in [-0.15, -0.1) is 6.42 Å². The number of anilines is 3. The van der Waals surface area contributed by atoms with Crippen molar-refractivity contribution in [3.63, 3.8) is 0 Å². The molecule has 37 heavy (non-hydrogen) atoms. The number of ether oxygens (including phenoxy) is 2. The Hall–Kier alpha value is -3.64. The van der Waals surface area contributed by atoms with E-state index in [0.717, 1.165) is 19.5 Å². The van der Waals surface area contributed by atoms with Crippen molar-refractivity contribution in [2.45, 2.75) is 26.4 Å². The van der Waals surface area contributed by atoms with Crippen molar-refractivity contribution >= 4 is 45.6 Å². The summed E-state index contributed by atoms with van der Waals surface area (Å²) < 4.78 is 11.7. The Morgan fingerprint density at radius 3 is 2.84 bits per heavy atom. The Bertz CT molecular complexity index is 1330. The number of aromatic nitrogens is 2. The Morgan fingerprint density at radius 2 is 2.11 bits per heavy atom. The highest BCUT2D eigenvalue weighted by Gasteiger charge is 2.21. The van der Waals surface area contributed by atoms with E-state index in [-0.39, 0.29) is 12.0 Å². The third-order valence-corrected chi connectivity index (χ3v) is 6.42. The summed E-state index contributed by atoms with van der Waals surface area (Å²) in [5.41, 5.74) is 2.46. The Balaban J connectivity index is 1.67. The monoisotopic (exact) mass is 519 g/mol. The van der Waals surface area contributed by atoms with Crippen molar-refractivity contribution in [1.82, 2.24) is 14.9 Å².